The fourth-order valence-corrected chi connectivity index (χ4v) is 1.72. The van der Waals surface area contributed by atoms with E-state index in [1.165, 1.54) is 0 Å². The second kappa shape index (κ2) is 3.59. The highest BCUT2D eigenvalue weighted by molar-refractivity contribution is 6.30. The van der Waals surface area contributed by atoms with Gasteiger partial charge in [0, 0.05) is 29.4 Å². The maximum Gasteiger partial charge on any atom is 0.138 e. The largest absolute Gasteiger partial charge is 0.330 e. The fourth-order valence-electron chi connectivity index (χ4n) is 1.56. The first-order valence-electron chi connectivity index (χ1n) is 4.55. The van der Waals surface area contributed by atoms with Crippen molar-refractivity contribution in [2.24, 2.45) is 5.73 Å². The topological polar surface area (TPSA) is 43.3 Å². The number of fused-ring (bicyclic) bond motifs is 1. The third kappa shape index (κ3) is 1.49. The summed E-state index contributed by atoms with van der Waals surface area (Å²) in [7, 11) is 0. The first-order chi connectivity index (χ1) is 6.72. The maximum atomic E-state index is 5.88. The predicted molar refractivity (Wildman–Crippen MR) is 57.7 cm³/mol. The lowest BCUT2D eigenvalue weighted by molar-refractivity contribution is 0.920. The van der Waals surface area contributed by atoms with E-state index >= 15 is 0 Å². The standard InChI is InChI=1S/C10H12ClN3/c1-7-9(2-4-12)13-10-6-8(11)3-5-14(7)10/h3,5-6H,2,4,12H2,1H3. The van der Waals surface area contributed by atoms with Crippen LogP contribution in [0, 0.1) is 6.92 Å². The minimum Gasteiger partial charge on any atom is -0.330 e. The van der Waals surface area contributed by atoms with Crippen LogP contribution in [0.2, 0.25) is 5.02 Å². The Bertz CT molecular complexity index is 462. The molecular formula is C10H12ClN3. The molecule has 0 aliphatic rings. The zero-order valence-electron chi connectivity index (χ0n) is 8.00. The number of nitrogens with zero attached hydrogens (tertiary/aromatic N) is 2. The molecule has 0 saturated heterocycles. The van der Waals surface area contributed by atoms with Crippen LogP contribution < -0.4 is 5.73 Å². The van der Waals surface area contributed by atoms with Crippen LogP contribution in [0.15, 0.2) is 18.3 Å². The van der Waals surface area contributed by atoms with Gasteiger partial charge in [-0.3, -0.25) is 0 Å². The van der Waals surface area contributed by atoms with Crippen molar-refractivity contribution in [3.05, 3.63) is 34.7 Å². The summed E-state index contributed by atoms with van der Waals surface area (Å²) in [6.07, 6.45) is 2.74. The van der Waals surface area contributed by atoms with E-state index in [0.717, 1.165) is 23.5 Å². The van der Waals surface area contributed by atoms with Crippen molar-refractivity contribution in [1.82, 2.24) is 9.38 Å². The van der Waals surface area contributed by atoms with Crippen molar-refractivity contribution < 1.29 is 0 Å². The number of pyridine rings is 1. The number of hydrogen-bond acceptors (Lipinski definition) is 2. The molecule has 2 heterocycles. The van der Waals surface area contributed by atoms with Gasteiger partial charge in [-0.15, -0.1) is 0 Å². The SMILES string of the molecule is Cc1c(CCN)nc2cc(Cl)ccn12. The second-order valence-electron chi connectivity index (χ2n) is 3.26. The molecule has 0 atom stereocenters. The van der Waals surface area contributed by atoms with Gasteiger partial charge in [0.2, 0.25) is 0 Å². The third-order valence-corrected chi connectivity index (χ3v) is 2.54. The Kier molecular flexibility index (Phi) is 2.44. The van der Waals surface area contributed by atoms with Gasteiger partial charge >= 0.3 is 0 Å². The number of halogens is 1. The molecule has 0 aliphatic carbocycles. The van der Waals surface area contributed by atoms with E-state index in [1.807, 2.05) is 29.7 Å². The van der Waals surface area contributed by atoms with Gasteiger partial charge in [-0.1, -0.05) is 11.6 Å². The number of aryl methyl sites for hydroxylation is 1. The van der Waals surface area contributed by atoms with Gasteiger partial charge in [0.15, 0.2) is 0 Å². The number of nitrogens with two attached hydrogens (primary N) is 1. The van der Waals surface area contributed by atoms with Gasteiger partial charge < -0.3 is 10.1 Å². The van der Waals surface area contributed by atoms with Crippen molar-refractivity contribution in [1.29, 1.82) is 0 Å². The highest BCUT2D eigenvalue weighted by atomic mass is 35.5. The van der Waals surface area contributed by atoms with Gasteiger partial charge in [-0.05, 0) is 19.5 Å². The minimum atomic E-state index is 0.623. The van der Waals surface area contributed by atoms with Crippen LogP contribution in [0.1, 0.15) is 11.4 Å². The molecule has 0 radical (unpaired) electrons. The van der Waals surface area contributed by atoms with Gasteiger partial charge in [-0.2, -0.15) is 0 Å². The van der Waals surface area contributed by atoms with Crippen LogP contribution in [-0.4, -0.2) is 15.9 Å². The molecule has 0 spiro atoms. The summed E-state index contributed by atoms with van der Waals surface area (Å²) >= 11 is 5.88. The molecule has 0 aromatic carbocycles. The molecular weight excluding hydrogens is 198 g/mol. The van der Waals surface area contributed by atoms with E-state index in [1.54, 1.807) is 0 Å². The molecule has 2 rings (SSSR count). The predicted octanol–water partition coefficient (Wildman–Crippen LogP) is 1.80. The van der Waals surface area contributed by atoms with Crippen molar-refractivity contribution >= 4 is 17.2 Å². The van der Waals surface area contributed by atoms with Gasteiger partial charge in [0.25, 0.3) is 0 Å². The van der Waals surface area contributed by atoms with E-state index in [0.29, 0.717) is 11.6 Å². The van der Waals surface area contributed by atoms with Crippen molar-refractivity contribution in [3.63, 3.8) is 0 Å². The molecule has 0 bridgehead atoms. The van der Waals surface area contributed by atoms with Crippen LogP contribution in [0.25, 0.3) is 5.65 Å². The van der Waals surface area contributed by atoms with Gasteiger partial charge in [0.05, 0.1) is 5.69 Å². The molecule has 0 unspecified atom stereocenters. The normalized spacial score (nSPS) is 11.1. The van der Waals surface area contributed by atoms with E-state index in [9.17, 15) is 0 Å². The van der Waals surface area contributed by atoms with Crippen molar-refractivity contribution in [2.75, 3.05) is 6.54 Å². The van der Waals surface area contributed by atoms with Crippen LogP contribution in [0.5, 0.6) is 0 Å². The van der Waals surface area contributed by atoms with Crippen LogP contribution in [0.4, 0.5) is 0 Å². The quantitative estimate of drug-likeness (QED) is 0.820. The Morgan fingerprint density at radius 3 is 3.07 bits per heavy atom. The Morgan fingerprint density at radius 2 is 2.36 bits per heavy atom. The zero-order chi connectivity index (χ0) is 10.1. The van der Waals surface area contributed by atoms with E-state index in [4.69, 9.17) is 17.3 Å². The molecule has 74 valence electrons. The number of aromatic nitrogens is 2. The van der Waals surface area contributed by atoms with Gasteiger partial charge in [-0.25, -0.2) is 4.98 Å². The number of rotatable bonds is 2. The zero-order valence-corrected chi connectivity index (χ0v) is 8.75. The fraction of sp³-hybridized carbons (Fsp3) is 0.300. The molecule has 2 N–H and O–H groups in total. The summed E-state index contributed by atoms with van der Waals surface area (Å²) < 4.78 is 2.02. The summed E-state index contributed by atoms with van der Waals surface area (Å²) in [5.74, 6) is 0. The molecule has 0 fully saturated rings. The molecule has 2 aromatic heterocycles. The minimum absolute atomic E-state index is 0.623. The van der Waals surface area contributed by atoms with Crippen LogP contribution in [0.3, 0.4) is 0 Å². The molecule has 4 heteroatoms. The Morgan fingerprint density at radius 1 is 1.57 bits per heavy atom. The highest BCUT2D eigenvalue weighted by Crippen LogP contribution is 2.16. The smallest absolute Gasteiger partial charge is 0.138 e. The Labute approximate surface area is 87.5 Å². The summed E-state index contributed by atoms with van der Waals surface area (Å²) in [5, 5.41) is 0.710. The first-order valence-corrected chi connectivity index (χ1v) is 4.93. The first kappa shape index (κ1) is 9.49. The summed E-state index contributed by atoms with van der Waals surface area (Å²) in [6.45, 7) is 2.66. The van der Waals surface area contributed by atoms with Crippen LogP contribution in [-0.2, 0) is 6.42 Å². The average molecular weight is 210 g/mol. The lowest BCUT2D eigenvalue weighted by atomic mass is 10.2. The van der Waals surface area contributed by atoms with E-state index in [2.05, 4.69) is 4.98 Å². The van der Waals surface area contributed by atoms with E-state index < -0.39 is 0 Å². The molecule has 2 aromatic rings. The highest BCUT2D eigenvalue weighted by Gasteiger charge is 2.06. The molecule has 0 aliphatic heterocycles. The van der Waals surface area contributed by atoms with Crippen molar-refractivity contribution in [2.45, 2.75) is 13.3 Å². The number of imidazole rings is 1. The molecule has 3 nitrogen and oxygen atoms in total. The Hall–Kier alpha value is -1.06. The van der Waals surface area contributed by atoms with Gasteiger partial charge in [0.1, 0.15) is 5.65 Å². The van der Waals surface area contributed by atoms with E-state index in [-0.39, 0.29) is 0 Å². The third-order valence-electron chi connectivity index (χ3n) is 2.31. The lowest BCUT2D eigenvalue weighted by Gasteiger charge is -1.96. The Balaban J connectivity index is 2.61. The molecule has 14 heavy (non-hydrogen) atoms. The average Bonchev–Trinajstić information content (AvgIpc) is 2.44. The lowest BCUT2D eigenvalue weighted by Crippen LogP contribution is -2.04. The summed E-state index contributed by atoms with van der Waals surface area (Å²) in [6, 6.07) is 3.71. The number of hydrogen-bond donors (Lipinski definition) is 1. The molecule has 0 saturated carbocycles. The second-order valence-corrected chi connectivity index (χ2v) is 3.69. The summed E-state index contributed by atoms with van der Waals surface area (Å²) in [4.78, 5) is 4.46. The maximum absolute atomic E-state index is 5.88. The summed E-state index contributed by atoms with van der Waals surface area (Å²) in [5.41, 5.74) is 8.58. The van der Waals surface area contributed by atoms with Crippen molar-refractivity contribution in [3.8, 4) is 0 Å². The molecule has 0 amide bonds. The monoisotopic (exact) mass is 209 g/mol. The van der Waals surface area contributed by atoms with Crippen LogP contribution >= 0.6 is 11.6 Å².